The van der Waals surface area contributed by atoms with Gasteiger partial charge in [0.25, 0.3) is 5.91 Å². The molecule has 0 atom stereocenters. The summed E-state index contributed by atoms with van der Waals surface area (Å²) in [6, 6.07) is 9.51. The molecular formula is C14H17N3O2S. The van der Waals surface area contributed by atoms with Gasteiger partial charge < -0.3 is 15.6 Å². The molecule has 106 valence electrons. The number of H-pyrrole nitrogens is 1. The average Bonchev–Trinajstić information content (AvgIpc) is 2.87. The zero-order valence-corrected chi connectivity index (χ0v) is 11.9. The fraction of sp³-hybridized carbons (Fsp3) is 0.286. The maximum atomic E-state index is 11.9. The van der Waals surface area contributed by atoms with Crippen molar-refractivity contribution in [2.24, 2.45) is 0 Å². The number of benzene rings is 1. The Labute approximate surface area is 122 Å². The molecule has 2 aromatic rings. The maximum Gasteiger partial charge on any atom is 0.267 e. The van der Waals surface area contributed by atoms with Crippen LogP contribution in [0.5, 0.6) is 0 Å². The molecule has 20 heavy (non-hydrogen) atoms. The SMILES string of the molecule is O=C(CCS)NCCNC(=O)c1cc2ccccc2[nH]1. The number of hydrogen-bond donors (Lipinski definition) is 4. The molecule has 0 aliphatic rings. The van der Waals surface area contributed by atoms with Gasteiger partial charge in [-0.1, -0.05) is 18.2 Å². The second-order valence-corrected chi connectivity index (χ2v) is 4.80. The van der Waals surface area contributed by atoms with Gasteiger partial charge in [0.15, 0.2) is 0 Å². The molecule has 0 spiro atoms. The van der Waals surface area contributed by atoms with Crippen LogP contribution < -0.4 is 10.6 Å². The topological polar surface area (TPSA) is 74.0 Å². The van der Waals surface area contributed by atoms with Crippen LogP contribution in [0.25, 0.3) is 10.9 Å². The lowest BCUT2D eigenvalue weighted by molar-refractivity contribution is -0.120. The van der Waals surface area contributed by atoms with Crippen LogP contribution >= 0.6 is 12.6 Å². The van der Waals surface area contributed by atoms with Crippen molar-refractivity contribution in [1.29, 1.82) is 0 Å². The molecule has 0 unspecified atom stereocenters. The molecule has 6 heteroatoms. The van der Waals surface area contributed by atoms with Gasteiger partial charge in [0.05, 0.1) is 0 Å². The van der Waals surface area contributed by atoms with E-state index in [-0.39, 0.29) is 11.8 Å². The van der Waals surface area contributed by atoms with Crippen molar-refractivity contribution in [3.05, 3.63) is 36.0 Å². The number of nitrogens with one attached hydrogen (secondary N) is 3. The third-order valence-electron chi connectivity index (χ3n) is 2.85. The quantitative estimate of drug-likeness (QED) is 0.479. The smallest absolute Gasteiger partial charge is 0.267 e. The van der Waals surface area contributed by atoms with Crippen molar-refractivity contribution >= 4 is 35.3 Å². The summed E-state index contributed by atoms with van der Waals surface area (Å²) in [4.78, 5) is 26.2. The highest BCUT2D eigenvalue weighted by Crippen LogP contribution is 2.14. The Morgan fingerprint density at radius 3 is 2.65 bits per heavy atom. The molecule has 0 fully saturated rings. The third kappa shape index (κ3) is 3.77. The van der Waals surface area contributed by atoms with Crippen molar-refractivity contribution in [2.75, 3.05) is 18.8 Å². The summed E-state index contributed by atoms with van der Waals surface area (Å²) in [7, 11) is 0. The van der Waals surface area contributed by atoms with E-state index >= 15 is 0 Å². The summed E-state index contributed by atoms with van der Waals surface area (Å²) in [6.07, 6.45) is 0.388. The van der Waals surface area contributed by atoms with Crippen molar-refractivity contribution in [3.63, 3.8) is 0 Å². The first-order valence-electron chi connectivity index (χ1n) is 6.44. The molecule has 0 saturated heterocycles. The summed E-state index contributed by atoms with van der Waals surface area (Å²) in [5, 5.41) is 6.46. The predicted molar refractivity (Wildman–Crippen MR) is 82.1 cm³/mol. The van der Waals surface area contributed by atoms with E-state index in [0.29, 0.717) is 31.0 Å². The minimum atomic E-state index is -0.176. The zero-order chi connectivity index (χ0) is 14.4. The van der Waals surface area contributed by atoms with Gasteiger partial charge >= 0.3 is 0 Å². The van der Waals surface area contributed by atoms with Gasteiger partial charge in [-0.25, -0.2) is 0 Å². The van der Waals surface area contributed by atoms with Gasteiger partial charge in [0.2, 0.25) is 5.91 Å². The van der Waals surface area contributed by atoms with E-state index in [1.807, 2.05) is 30.3 Å². The highest BCUT2D eigenvalue weighted by molar-refractivity contribution is 7.80. The Morgan fingerprint density at radius 1 is 1.15 bits per heavy atom. The van der Waals surface area contributed by atoms with Gasteiger partial charge in [-0.2, -0.15) is 12.6 Å². The van der Waals surface area contributed by atoms with Crippen LogP contribution in [0.3, 0.4) is 0 Å². The van der Waals surface area contributed by atoms with E-state index < -0.39 is 0 Å². The van der Waals surface area contributed by atoms with Crippen LogP contribution in [0.2, 0.25) is 0 Å². The van der Waals surface area contributed by atoms with E-state index in [9.17, 15) is 9.59 Å². The molecule has 0 radical (unpaired) electrons. The molecule has 0 aliphatic heterocycles. The molecule has 0 bridgehead atoms. The summed E-state index contributed by atoms with van der Waals surface area (Å²) >= 11 is 3.98. The fourth-order valence-electron chi connectivity index (χ4n) is 1.86. The Kier molecular flexibility index (Phi) is 5.06. The van der Waals surface area contributed by atoms with Crippen molar-refractivity contribution in [3.8, 4) is 0 Å². The van der Waals surface area contributed by atoms with E-state index in [4.69, 9.17) is 0 Å². The number of amides is 2. The average molecular weight is 291 g/mol. The minimum absolute atomic E-state index is 0.0557. The number of carbonyl (C=O) groups is 2. The number of para-hydroxylation sites is 1. The predicted octanol–water partition coefficient (Wildman–Crippen LogP) is 1.33. The van der Waals surface area contributed by atoms with E-state index in [2.05, 4.69) is 28.2 Å². The molecule has 0 aliphatic carbocycles. The zero-order valence-electron chi connectivity index (χ0n) is 11.0. The van der Waals surface area contributed by atoms with Crippen molar-refractivity contribution in [1.82, 2.24) is 15.6 Å². The lowest BCUT2D eigenvalue weighted by Crippen LogP contribution is -2.34. The van der Waals surface area contributed by atoms with E-state index in [1.165, 1.54) is 0 Å². The first-order chi connectivity index (χ1) is 9.70. The summed E-state index contributed by atoms with van der Waals surface area (Å²) in [6.45, 7) is 0.811. The van der Waals surface area contributed by atoms with Gasteiger partial charge in [-0.3, -0.25) is 9.59 Å². The molecule has 2 rings (SSSR count). The van der Waals surface area contributed by atoms with E-state index in [1.54, 1.807) is 0 Å². The van der Waals surface area contributed by atoms with E-state index in [0.717, 1.165) is 10.9 Å². The van der Waals surface area contributed by atoms with Gasteiger partial charge in [0.1, 0.15) is 5.69 Å². The standard InChI is InChI=1S/C14H17N3O2S/c18-13(5-8-20)15-6-7-16-14(19)12-9-10-3-1-2-4-11(10)17-12/h1-4,9,17,20H,5-8H2,(H,15,18)(H,16,19). The lowest BCUT2D eigenvalue weighted by atomic mass is 10.2. The minimum Gasteiger partial charge on any atom is -0.354 e. The van der Waals surface area contributed by atoms with Crippen LogP contribution in [0.15, 0.2) is 30.3 Å². The maximum absolute atomic E-state index is 11.9. The monoisotopic (exact) mass is 291 g/mol. The second kappa shape index (κ2) is 7.00. The highest BCUT2D eigenvalue weighted by atomic mass is 32.1. The Morgan fingerprint density at radius 2 is 1.90 bits per heavy atom. The molecular weight excluding hydrogens is 274 g/mol. The van der Waals surface area contributed by atoms with Crippen LogP contribution in [0.1, 0.15) is 16.9 Å². The Bertz CT molecular complexity index is 576. The summed E-state index contributed by atoms with van der Waals surface area (Å²) < 4.78 is 0. The van der Waals surface area contributed by atoms with Gasteiger partial charge in [0, 0.05) is 30.4 Å². The summed E-state index contributed by atoms with van der Waals surface area (Å²) in [5.41, 5.74) is 1.45. The van der Waals surface area contributed by atoms with Crippen molar-refractivity contribution < 1.29 is 9.59 Å². The molecule has 2 amide bonds. The molecule has 3 N–H and O–H groups in total. The lowest BCUT2D eigenvalue weighted by Gasteiger charge is -2.05. The van der Waals surface area contributed by atoms with Crippen LogP contribution in [-0.2, 0) is 4.79 Å². The largest absolute Gasteiger partial charge is 0.354 e. The molecule has 1 aromatic heterocycles. The number of aromatic nitrogens is 1. The van der Waals surface area contributed by atoms with Crippen LogP contribution in [0, 0.1) is 0 Å². The van der Waals surface area contributed by atoms with Crippen LogP contribution in [0.4, 0.5) is 0 Å². The number of hydrogen-bond acceptors (Lipinski definition) is 3. The number of carbonyl (C=O) groups excluding carboxylic acids is 2. The summed E-state index contributed by atoms with van der Waals surface area (Å²) in [5.74, 6) is 0.289. The molecule has 1 heterocycles. The Hall–Kier alpha value is -1.95. The normalized spacial score (nSPS) is 10.4. The first kappa shape index (κ1) is 14.5. The first-order valence-corrected chi connectivity index (χ1v) is 7.07. The third-order valence-corrected chi connectivity index (χ3v) is 3.07. The number of aromatic amines is 1. The highest BCUT2D eigenvalue weighted by Gasteiger charge is 2.08. The molecule has 1 aromatic carbocycles. The van der Waals surface area contributed by atoms with Gasteiger partial charge in [-0.05, 0) is 17.9 Å². The number of thiol groups is 1. The van der Waals surface area contributed by atoms with Gasteiger partial charge in [-0.15, -0.1) is 0 Å². The second-order valence-electron chi connectivity index (χ2n) is 4.35. The molecule has 5 nitrogen and oxygen atoms in total. The Balaban J connectivity index is 1.81. The molecule has 0 saturated carbocycles. The number of fused-ring (bicyclic) bond motifs is 1. The van der Waals surface area contributed by atoms with Crippen LogP contribution in [-0.4, -0.2) is 35.6 Å². The fourth-order valence-corrected chi connectivity index (χ4v) is 2.06. The van der Waals surface area contributed by atoms with Crippen molar-refractivity contribution in [2.45, 2.75) is 6.42 Å². The number of rotatable bonds is 6.